The molecule has 6 nitrogen and oxygen atoms in total. The lowest BCUT2D eigenvalue weighted by Gasteiger charge is -2.47. The van der Waals surface area contributed by atoms with Crippen molar-refractivity contribution in [2.75, 3.05) is 46.4 Å². The molecule has 2 fully saturated rings. The summed E-state index contributed by atoms with van der Waals surface area (Å²) < 4.78 is 24.9. The van der Waals surface area contributed by atoms with E-state index in [0.29, 0.717) is 38.5 Å². The molecule has 150 valence electrons. The van der Waals surface area contributed by atoms with Crippen LogP contribution >= 0.6 is 0 Å². The summed E-state index contributed by atoms with van der Waals surface area (Å²) in [5.74, 6) is 0.292. The van der Waals surface area contributed by atoms with Crippen molar-refractivity contribution in [3.05, 3.63) is 29.6 Å². The van der Waals surface area contributed by atoms with E-state index in [-0.39, 0.29) is 17.4 Å². The number of urea groups is 1. The van der Waals surface area contributed by atoms with Gasteiger partial charge in [-0.2, -0.15) is 0 Å². The Hall–Kier alpha value is -1.86. The highest BCUT2D eigenvalue weighted by atomic mass is 19.1. The summed E-state index contributed by atoms with van der Waals surface area (Å²) in [5.41, 5.74) is 0.778. The summed E-state index contributed by atoms with van der Waals surface area (Å²) in [6, 6.07) is 4.72. The SMILES string of the molecule is CCCNC(=O)N1CCC2(CC1)CN(Cc1ccc(F)cc1OC)CCO2. The predicted molar refractivity (Wildman–Crippen MR) is 101 cm³/mol. The Labute approximate surface area is 160 Å². The van der Waals surface area contributed by atoms with Crippen LogP contribution in [0.1, 0.15) is 31.7 Å². The van der Waals surface area contributed by atoms with Gasteiger partial charge in [-0.25, -0.2) is 9.18 Å². The number of morpholine rings is 1. The van der Waals surface area contributed by atoms with Crippen LogP contribution in [0.2, 0.25) is 0 Å². The third-order valence-electron chi connectivity index (χ3n) is 5.46. The second kappa shape index (κ2) is 8.89. The van der Waals surface area contributed by atoms with E-state index in [1.807, 2.05) is 11.8 Å². The number of rotatable bonds is 5. The van der Waals surface area contributed by atoms with Crippen LogP contribution in [0.5, 0.6) is 5.75 Å². The zero-order valence-corrected chi connectivity index (χ0v) is 16.3. The Bertz CT molecular complexity index is 647. The number of carbonyl (C=O) groups is 1. The molecule has 1 aromatic rings. The molecule has 1 N–H and O–H groups in total. The minimum absolute atomic E-state index is 0.0235. The lowest BCUT2D eigenvalue weighted by Crippen LogP contribution is -2.58. The topological polar surface area (TPSA) is 54.0 Å². The smallest absolute Gasteiger partial charge is 0.317 e. The molecule has 27 heavy (non-hydrogen) atoms. The number of hydrogen-bond donors (Lipinski definition) is 1. The molecule has 1 aromatic carbocycles. The minimum atomic E-state index is -0.289. The molecule has 7 heteroatoms. The van der Waals surface area contributed by atoms with Crippen molar-refractivity contribution in [1.82, 2.24) is 15.1 Å². The Balaban J connectivity index is 1.58. The molecule has 2 amide bonds. The number of nitrogens with zero attached hydrogens (tertiary/aromatic N) is 2. The fourth-order valence-electron chi connectivity index (χ4n) is 3.91. The monoisotopic (exact) mass is 379 g/mol. The third-order valence-corrected chi connectivity index (χ3v) is 5.46. The van der Waals surface area contributed by atoms with Gasteiger partial charge in [0.25, 0.3) is 0 Å². The molecule has 2 heterocycles. The fraction of sp³-hybridized carbons (Fsp3) is 0.650. The first kappa shape index (κ1) is 19.9. The molecule has 0 atom stereocenters. The highest BCUT2D eigenvalue weighted by Gasteiger charge is 2.40. The maximum absolute atomic E-state index is 13.4. The van der Waals surface area contributed by atoms with Crippen molar-refractivity contribution in [1.29, 1.82) is 0 Å². The molecule has 0 aromatic heterocycles. The van der Waals surface area contributed by atoms with Crippen molar-refractivity contribution >= 4 is 6.03 Å². The largest absolute Gasteiger partial charge is 0.496 e. The summed E-state index contributed by atoms with van der Waals surface area (Å²) >= 11 is 0. The van der Waals surface area contributed by atoms with E-state index in [2.05, 4.69) is 10.2 Å². The van der Waals surface area contributed by atoms with Gasteiger partial charge in [-0.1, -0.05) is 13.0 Å². The minimum Gasteiger partial charge on any atom is -0.496 e. The van der Waals surface area contributed by atoms with E-state index >= 15 is 0 Å². The van der Waals surface area contributed by atoms with Gasteiger partial charge in [0.1, 0.15) is 11.6 Å². The van der Waals surface area contributed by atoms with Gasteiger partial charge in [0.05, 0.1) is 19.3 Å². The van der Waals surface area contributed by atoms with Crippen molar-refractivity contribution in [3.8, 4) is 5.75 Å². The number of halogens is 1. The first-order valence-electron chi connectivity index (χ1n) is 9.77. The zero-order valence-electron chi connectivity index (χ0n) is 16.3. The standard InChI is InChI=1S/C20H30FN3O3/c1-3-8-22-19(25)24-9-6-20(7-10-24)15-23(11-12-27-20)14-16-4-5-17(21)13-18(16)26-2/h4-5,13H,3,6-12,14-15H2,1-2H3,(H,22,25). The maximum atomic E-state index is 13.4. The molecule has 0 aliphatic carbocycles. The van der Waals surface area contributed by atoms with Gasteiger partial charge in [0.15, 0.2) is 0 Å². The Morgan fingerprint density at radius 2 is 2.11 bits per heavy atom. The lowest BCUT2D eigenvalue weighted by atomic mass is 9.89. The molecule has 0 bridgehead atoms. The molecule has 0 radical (unpaired) electrons. The first-order chi connectivity index (χ1) is 13.0. The number of hydrogen-bond acceptors (Lipinski definition) is 4. The highest BCUT2D eigenvalue weighted by molar-refractivity contribution is 5.74. The van der Waals surface area contributed by atoms with E-state index in [1.54, 1.807) is 13.2 Å². The van der Waals surface area contributed by atoms with Crippen LogP contribution in [0.3, 0.4) is 0 Å². The quantitative estimate of drug-likeness (QED) is 0.855. The second-order valence-corrected chi connectivity index (χ2v) is 7.42. The van der Waals surface area contributed by atoms with E-state index in [0.717, 1.165) is 37.9 Å². The van der Waals surface area contributed by atoms with Gasteiger partial charge >= 0.3 is 6.03 Å². The van der Waals surface area contributed by atoms with Crippen molar-refractivity contribution in [3.63, 3.8) is 0 Å². The summed E-state index contributed by atoms with van der Waals surface area (Å²) in [5, 5.41) is 2.94. The average molecular weight is 379 g/mol. The van der Waals surface area contributed by atoms with E-state index in [9.17, 15) is 9.18 Å². The highest BCUT2D eigenvalue weighted by Crippen LogP contribution is 2.31. The van der Waals surface area contributed by atoms with Gasteiger partial charge in [0, 0.05) is 50.9 Å². The van der Waals surface area contributed by atoms with Crippen molar-refractivity contribution < 1.29 is 18.7 Å². The maximum Gasteiger partial charge on any atom is 0.317 e. The molecular weight excluding hydrogens is 349 g/mol. The Morgan fingerprint density at radius 3 is 2.81 bits per heavy atom. The van der Waals surface area contributed by atoms with Crippen LogP contribution in [0.25, 0.3) is 0 Å². The third kappa shape index (κ3) is 4.90. The van der Waals surface area contributed by atoms with Crippen LogP contribution in [-0.2, 0) is 11.3 Å². The number of amides is 2. The molecular formula is C20H30FN3O3. The molecule has 0 saturated carbocycles. The van der Waals surface area contributed by atoms with Crippen LogP contribution < -0.4 is 10.1 Å². The van der Waals surface area contributed by atoms with Crippen molar-refractivity contribution in [2.45, 2.75) is 38.3 Å². The Morgan fingerprint density at radius 1 is 1.33 bits per heavy atom. The summed E-state index contributed by atoms with van der Waals surface area (Å²) in [7, 11) is 1.57. The van der Waals surface area contributed by atoms with Crippen LogP contribution in [0, 0.1) is 5.82 Å². The van der Waals surface area contributed by atoms with Gasteiger partial charge in [0.2, 0.25) is 0 Å². The van der Waals surface area contributed by atoms with Gasteiger partial charge in [-0.15, -0.1) is 0 Å². The number of nitrogens with one attached hydrogen (secondary N) is 1. The number of ether oxygens (including phenoxy) is 2. The molecule has 1 spiro atoms. The second-order valence-electron chi connectivity index (χ2n) is 7.42. The summed E-state index contributed by atoms with van der Waals surface area (Å²) in [4.78, 5) is 16.4. The number of carbonyl (C=O) groups excluding carboxylic acids is 1. The average Bonchev–Trinajstić information content (AvgIpc) is 2.68. The predicted octanol–water partition coefficient (Wildman–Crippen LogP) is 2.62. The number of likely N-dealkylation sites (tertiary alicyclic amines) is 1. The molecule has 2 aliphatic rings. The number of methoxy groups -OCH3 is 1. The van der Waals surface area contributed by atoms with Gasteiger partial charge in [-0.05, 0) is 25.3 Å². The molecule has 2 aliphatic heterocycles. The number of piperidine rings is 1. The zero-order chi connectivity index (χ0) is 19.3. The summed E-state index contributed by atoms with van der Waals surface area (Å²) in [6.07, 6.45) is 2.61. The first-order valence-corrected chi connectivity index (χ1v) is 9.77. The van der Waals surface area contributed by atoms with E-state index < -0.39 is 0 Å². The fourth-order valence-corrected chi connectivity index (χ4v) is 3.91. The van der Waals surface area contributed by atoms with Crippen LogP contribution in [0.4, 0.5) is 9.18 Å². The van der Waals surface area contributed by atoms with E-state index in [4.69, 9.17) is 9.47 Å². The van der Waals surface area contributed by atoms with Gasteiger partial charge < -0.3 is 19.7 Å². The molecule has 0 unspecified atom stereocenters. The van der Waals surface area contributed by atoms with Crippen LogP contribution in [0.15, 0.2) is 18.2 Å². The normalized spacial score (nSPS) is 19.9. The van der Waals surface area contributed by atoms with Crippen molar-refractivity contribution in [2.24, 2.45) is 0 Å². The molecule has 2 saturated heterocycles. The van der Waals surface area contributed by atoms with Gasteiger partial charge in [-0.3, -0.25) is 4.90 Å². The molecule has 3 rings (SSSR count). The van der Waals surface area contributed by atoms with Crippen LogP contribution in [-0.4, -0.2) is 67.9 Å². The number of benzene rings is 1. The Kier molecular flexibility index (Phi) is 6.55. The summed E-state index contributed by atoms with van der Waals surface area (Å²) in [6.45, 7) is 7.21. The lowest BCUT2D eigenvalue weighted by molar-refractivity contribution is -0.133. The van der Waals surface area contributed by atoms with E-state index in [1.165, 1.54) is 12.1 Å².